The van der Waals surface area contributed by atoms with E-state index in [2.05, 4.69) is 10.6 Å². The molecule has 0 amide bonds. The second kappa shape index (κ2) is 10.3. The predicted molar refractivity (Wildman–Crippen MR) is 149 cm³/mol. The molecular weight excluding hydrogens is 498 g/mol. The second-order valence-electron chi connectivity index (χ2n) is 9.09. The van der Waals surface area contributed by atoms with Gasteiger partial charge in [0.2, 0.25) is 0 Å². The van der Waals surface area contributed by atoms with Crippen molar-refractivity contribution in [3.8, 4) is 5.75 Å². The van der Waals surface area contributed by atoms with E-state index in [0.717, 1.165) is 28.1 Å². The van der Waals surface area contributed by atoms with Crippen molar-refractivity contribution in [1.82, 2.24) is 9.13 Å². The predicted octanol–water partition coefficient (Wildman–Crippen LogP) is 3.90. The van der Waals surface area contributed by atoms with Gasteiger partial charge in [0.25, 0.3) is 5.56 Å². The van der Waals surface area contributed by atoms with Crippen LogP contribution in [0.5, 0.6) is 5.75 Å². The Labute approximate surface area is 224 Å². The molecule has 0 spiro atoms. The maximum absolute atomic E-state index is 14.0. The van der Waals surface area contributed by atoms with E-state index in [1.54, 1.807) is 18.6 Å². The van der Waals surface area contributed by atoms with Crippen molar-refractivity contribution in [2.75, 3.05) is 13.7 Å². The van der Waals surface area contributed by atoms with Crippen LogP contribution < -0.4 is 19.6 Å². The molecule has 194 valence electrons. The van der Waals surface area contributed by atoms with Gasteiger partial charge in [0.05, 0.1) is 35.6 Å². The summed E-state index contributed by atoms with van der Waals surface area (Å²) in [5.74, 6) is 0.181. The van der Waals surface area contributed by atoms with Crippen LogP contribution in [-0.2, 0) is 16.6 Å². The maximum atomic E-state index is 14.0. The van der Waals surface area contributed by atoms with Crippen molar-refractivity contribution in [3.63, 3.8) is 0 Å². The van der Waals surface area contributed by atoms with Crippen molar-refractivity contribution < 1.29 is 14.3 Å². The number of nitrogens with zero attached hydrogens (tertiary/aromatic N) is 3. The summed E-state index contributed by atoms with van der Waals surface area (Å²) in [5.41, 5.74) is 5.32. The molecule has 8 heteroatoms. The van der Waals surface area contributed by atoms with Crippen LogP contribution in [0.2, 0.25) is 0 Å². The van der Waals surface area contributed by atoms with Gasteiger partial charge in [-0.3, -0.25) is 9.36 Å². The first kappa shape index (κ1) is 25.5. The number of aryl methyl sites for hydroxylation is 1. The Kier molecular flexibility index (Phi) is 6.91. The number of fused-ring (bicyclic) bond motifs is 1. The molecule has 0 unspecified atom stereocenters. The van der Waals surface area contributed by atoms with Crippen LogP contribution in [0.4, 0.5) is 0 Å². The highest BCUT2D eigenvalue weighted by atomic mass is 32.1. The van der Waals surface area contributed by atoms with Crippen molar-refractivity contribution in [2.24, 2.45) is 12.0 Å². The van der Waals surface area contributed by atoms with Gasteiger partial charge >= 0.3 is 5.97 Å². The minimum Gasteiger partial charge on any atom is -0.497 e. The third-order valence-electron chi connectivity index (χ3n) is 6.91. The van der Waals surface area contributed by atoms with E-state index in [0.29, 0.717) is 26.4 Å². The summed E-state index contributed by atoms with van der Waals surface area (Å²) in [7, 11) is 3.61. The van der Waals surface area contributed by atoms with Crippen LogP contribution in [0.15, 0.2) is 76.0 Å². The van der Waals surface area contributed by atoms with Crippen molar-refractivity contribution in [2.45, 2.75) is 26.8 Å². The van der Waals surface area contributed by atoms with Crippen LogP contribution >= 0.6 is 11.3 Å². The Hall–Kier alpha value is -4.17. The molecule has 2 aromatic carbocycles. The van der Waals surface area contributed by atoms with Crippen LogP contribution in [0.3, 0.4) is 0 Å². The summed E-state index contributed by atoms with van der Waals surface area (Å²) in [6.45, 7) is 6.04. The fraction of sp³-hybridized carbons (Fsp3) is 0.233. The van der Waals surface area contributed by atoms with Crippen LogP contribution in [0.1, 0.15) is 41.0 Å². The molecule has 0 saturated heterocycles. The molecule has 0 N–H and O–H groups in total. The summed E-state index contributed by atoms with van der Waals surface area (Å²) in [6, 6.07) is 18.3. The Morgan fingerprint density at radius 2 is 1.82 bits per heavy atom. The zero-order valence-electron chi connectivity index (χ0n) is 22.0. The molecule has 38 heavy (non-hydrogen) atoms. The molecule has 4 aromatic rings. The largest absolute Gasteiger partial charge is 0.497 e. The molecular formula is C30H29N3O4S. The number of carbonyl (C=O) groups excluding carboxylic acids is 1. The number of esters is 1. The third kappa shape index (κ3) is 4.41. The van der Waals surface area contributed by atoms with Gasteiger partial charge in [-0.25, -0.2) is 9.79 Å². The average Bonchev–Trinajstić information content (AvgIpc) is 3.38. The number of ether oxygens (including phenoxy) is 2. The first-order valence-electron chi connectivity index (χ1n) is 12.4. The third-order valence-corrected chi connectivity index (χ3v) is 7.89. The molecule has 2 aromatic heterocycles. The highest BCUT2D eigenvalue weighted by molar-refractivity contribution is 7.07. The Balaban J connectivity index is 1.83. The fourth-order valence-electron chi connectivity index (χ4n) is 4.71. The highest BCUT2D eigenvalue weighted by Gasteiger charge is 2.35. The molecule has 3 heterocycles. The van der Waals surface area contributed by atoms with E-state index in [-0.39, 0.29) is 12.2 Å². The van der Waals surface area contributed by atoms with Gasteiger partial charge in [-0.2, -0.15) is 0 Å². The van der Waals surface area contributed by atoms with Gasteiger partial charge in [-0.15, -0.1) is 0 Å². The number of carbonyl (C=O) groups is 1. The van der Waals surface area contributed by atoms with Gasteiger partial charge in [-0.05, 0) is 56.2 Å². The van der Waals surface area contributed by atoms with E-state index in [4.69, 9.17) is 14.5 Å². The first-order chi connectivity index (χ1) is 18.3. The molecule has 1 aliphatic heterocycles. The summed E-state index contributed by atoms with van der Waals surface area (Å²) in [5, 5.41) is 0. The Morgan fingerprint density at radius 1 is 1.11 bits per heavy atom. The van der Waals surface area contributed by atoms with E-state index < -0.39 is 12.0 Å². The number of hydrogen-bond acceptors (Lipinski definition) is 6. The lowest BCUT2D eigenvalue weighted by molar-refractivity contribution is -0.138. The monoisotopic (exact) mass is 527 g/mol. The lowest BCUT2D eigenvalue weighted by Crippen LogP contribution is -2.40. The van der Waals surface area contributed by atoms with Crippen molar-refractivity contribution in [3.05, 3.63) is 114 Å². The van der Waals surface area contributed by atoms with Gasteiger partial charge in [0, 0.05) is 24.0 Å². The van der Waals surface area contributed by atoms with E-state index in [1.807, 2.05) is 81.6 Å². The summed E-state index contributed by atoms with van der Waals surface area (Å²) >= 11 is 1.32. The second-order valence-corrected chi connectivity index (χ2v) is 10.1. The van der Waals surface area contributed by atoms with Gasteiger partial charge in [-0.1, -0.05) is 53.8 Å². The number of benzene rings is 2. The van der Waals surface area contributed by atoms with E-state index in [9.17, 15) is 9.59 Å². The Bertz CT molecular complexity index is 1720. The molecule has 0 fully saturated rings. The lowest BCUT2D eigenvalue weighted by atomic mass is 9.93. The Morgan fingerprint density at radius 3 is 2.42 bits per heavy atom. The maximum Gasteiger partial charge on any atom is 0.338 e. The van der Waals surface area contributed by atoms with Crippen LogP contribution in [-0.4, -0.2) is 28.8 Å². The SMILES string of the molecule is CCOC(=O)C1=C(c2ccccc2)N=c2s/c(=C/c3cc(C)n(C)c3C)c(=O)n2[C@H]1c1ccc(OC)cc1. The molecule has 0 saturated carbocycles. The average molecular weight is 528 g/mol. The minimum absolute atomic E-state index is 0.204. The molecule has 7 nitrogen and oxygen atoms in total. The van der Waals surface area contributed by atoms with Gasteiger partial charge in [0.1, 0.15) is 5.75 Å². The number of hydrogen-bond donors (Lipinski definition) is 0. The fourth-order valence-corrected chi connectivity index (χ4v) is 5.71. The van der Waals surface area contributed by atoms with Gasteiger partial charge < -0.3 is 14.0 Å². The molecule has 1 atom stereocenters. The van der Waals surface area contributed by atoms with E-state index >= 15 is 0 Å². The molecule has 0 radical (unpaired) electrons. The van der Waals surface area contributed by atoms with Crippen molar-refractivity contribution in [1.29, 1.82) is 0 Å². The summed E-state index contributed by atoms with van der Waals surface area (Å²) in [4.78, 5) is 32.9. The topological polar surface area (TPSA) is 74.8 Å². The molecule has 0 aliphatic carbocycles. The number of methoxy groups -OCH3 is 1. The number of thiazole rings is 1. The standard InChI is InChI=1S/C30H29N3O4S/c1-6-37-29(35)25-26(20-10-8-7-9-11-20)31-30-33(27(25)21-12-14-23(36-5)15-13-21)28(34)24(38-30)17-22-16-18(2)32(4)19(22)3/h7-17,27H,6H2,1-5H3/b24-17+/t27-/m0/s1. The molecule has 5 rings (SSSR count). The lowest BCUT2D eigenvalue weighted by Gasteiger charge is -2.26. The van der Waals surface area contributed by atoms with Gasteiger partial charge in [0.15, 0.2) is 4.80 Å². The highest BCUT2D eigenvalue weighted by Crippen LogP contribution is 2.35. The van der Waals surface area contributed by atoms with Crippen LogP contribution in [0.25, 0.3) is 11.8 Å². The number of rotatable bonds is 6. The van der Waals surface area contributed by atoms with Crippen LogP contribution in [0, 0.1) is 13.8 Å². The molecule has 0 bridgehead atoms. The summed E-state index contributed by atoms with van der Waals surface area (Å²) in [6.07, 6.45) is 1.91. The normalized spacial score (nSPS) is 15.3. The zero-order valence-corrected chi connectivity index (χ0v) is 22.8. The van der Waals surface area contributed by atoms with E-state index in [1.165, 1.54) is 11.3 Å². The zero-order chi connectivity index (χ0) is 27.0. The first-order valence-corrected chi connectivity index (χ1v) is 13.2. The minimum atomic E-state index is -0.716. The molecule has 1 aliphatic rings. The smallest absolute Gasteiger partial charge is 0.338 e. The summed E-state index contributed by atoms with van der Waals surface area (Å²) < 4.78 is 15.1. The van der Waals surface area contributed by atoms with Crippen molar-refractivity contribution >= 4 is 29.1 Å². The quantitative estimate of drug-likeness (QED) is 0.357. The number of aromatic nitrogens is 2.